The quantitative estimate of drug-likeness (QED) is 0.671. The molecule has 0 saturated carbocycles. The Labute approximate surface area is 117 Å². The number of nitrogens with one attached hydrogen (secondary N) is 1. The molecule has 0 bridgehead atoms. The van der Waals surface area contributed by atoms with Gasteiger partial charge < -0.3 is 5.32 Å². The zero-order chi connectivity index (χ0) is 13.5. The lowest BCUT2D eigenvalue weighted by atomic mass is 9.97. The van der Waals surface area contributed by atoms with Crippen molar-refractivity contribution in [3.05, 3.63) is 33.8 Å². The highest BCUT2D eigenvalue weighted by Crippen LogP contribution is 2.29. The predicted molar refractivity (Wildman–Crippen MR) is 81.5 cm³/mol. The lowest BCUT2D eigenvalue weighted by Gasteiger charge is -2.21. The van der Waals surface area contributed by atoms with Gasteiger partial charge in [-0.2, -0.15) is 0 Å². The largest absolute Gasteiger partial charge is 0.310 e. The summed E-state index contributed by atoms with van der Waals surface area (Å²) in [5, 5.41) is 4.46. The van der Waals surface area contributed by atoms with E-state index in [1.54, 1.807) is 0 Å². The van der Waals surface area contributed by atoms with Crippen molar-refractivity contribution in [1.29, 1.82) is 0 Å². The van der Waals surface area contributed by atoms with Crippen LogP contribution < -0.4 is 5.32 Å². The Morgan fingerprint density at radius 2 is 1.78 bits per heavy atom. The van der Waals surface area contributed by atoms with Crippen LogP contribution in [0.25, 0.3) is 0 Å². The first-order valence-corrected chi connectivity index (χ1v) is 7.48. The Morgan fingerprint density at radius 1 is 1.11 bits per heavy atom. The summed E-state index contributed by atoms with van der Waals surface area (Å²) >= 11 is 6.40. The van der Waals surface area contributed by atoms with Crippen LogP contribution in [0.2, 0.25) is 5.02 Å². The minimum Gasteiger partial charge on any atom is -0.310 e. The van der Waals surface area contributed by atoms with Crippen molar-refractivity contribution >= 4 is 11.6 Å². The van der Waals surface area contributed by atoms with Crippen LogP contribution in [-0.4, -0.2) is 6.54 Å². The molecule has 2 heteroatoms. The van der Waals surface area contributed by atoms with E-state index in [4.69, 9.17) is 11.6 Å². The average molecular weight is 268 g/mol. The molecule has 1 atom stereocenters. The van der Waals surface area contributed by atoms with Gasteiger partial charge in [0.15, 0.2) is 0 Å². The normalized spacial score (nSPS) is 12.7. The first kappa shape index (κ1) is 15.5. The molecule has 0 aliphatic carbocycles. The van der Waals surface area contributed by atoms with Crippen LogP contribution in [0, 0.1) is 13.8 Å². The molecule has 1 rings (SSSR count). The number of benzene rings is 1. The van der Waals surface area contributed by atoms with Gasteiger partial charge in [0.1, 0.15) is 0 Å². The van der Waals surface area contributed by atoms with Crippen molar-refractivity contribution in [2.45, 2.75) is 59.4 Å². The molecule has 0 heterocycles. The van der Waals surface area contributed by atoms with E-state index in [1.807, 2.05) is 0 Å². The number of rotatable bonds is 7. The zero-order valence-electron chi connectivity index (χ0n) is 12.1. The number of unbranched alkanes of at least 4 members (excludes halogenated alkanes) is 2. The minimum absolute atomic E-state index is 0.397. The average Bonchev–Trinajstić information content (AvgIpc) is 2.33. The summed E-state index contributed by atoms with van der Waals surface area (Å²) in [5.41, 5.74) is 3.86. The van der Waals surface area contributed by atoms with E-state index in [-0.39, 0.29) is 0 Å². The Morgan fingerprint density at radius 3 is 2.39 bits per heavy atom. The van der Waals surface area contributed by atoms with Crippen LogP contribution in [0.15, 0.2) is 12.1 Å². The highest BCUT2D eigenvalue weighted by molar-refractivity contribution is 6.31. The van der Waals surface area contributed by atoms with Gasteiger partial charge in [-0.1, -0.05) is 50.8 Å². The van der Waals surface area contributed by atoms with E-state index in [1.165, 1.54) is 42.4 Å². The molecule has 1 N–H and O–H groups in total. The third-order valence-electron chi connectivity index (χ3n) is 3.54. The molecular formula is C16H26ClN. The smallest absolute Gasteiger partial charge is 0.0456 e. The summed E-state index contributed by atoms with van der Waals surface area (Å²) in [4.78, 5) is 0. The zero-order valence-corrected chi connectivity index (χ0v) is 12.9. The maximum Gasteiger partial charge on any atom is 0.0456 e. The third kappa shape index (κ3) is 4.29. The molecule has 0 saturated heterocycles. The van der Waals surface area contributed by atoms with E-state index < -0.39 is 0 Å². The highest BCUT2D eigenvalue weighted by atomic mass is 35.5. The van der Waals surface area contributed by atoms with Gasteiger partial charge in [0, 0.05) is 11.1 Å². The second-order valence-corrected chi connectivity index (χ2v) is 5.47. The van der Waals surface area contributed by atoms with Gasteiger partial charge in [-0.3, -0.25) is 0 Å². The van der Waals surface area contributed by atoms with E-state index >= 15 is 0 Å². The fraction of sp³-hybridized carbons (Fsp3) is 0.625. The maximum absolute atomic E-state index is 6.40. The summed E-state index contributed by atoms with van der Waals surface area (Å²) in [6.07, 6.45) is 4.99. The van der Waals surface area contributed by atoms with E-state index in [0.29, 0.717) is 6.04 Å². The number of hydrogen-bond acceptors (Lipinski definition) is 1. The van der Waals surface area contributed by atoms with Crippen molar-refractivity contribution in [3.63, 3.8) is 0 Å². The molecule has 102 valence electrons. The number of aryl methyl sites for hydroxylation is 2. The summed E-state index contributed by atoms with van der Waals surface area (Å²) in [6, 6.07) is 4.74. The third-order valence-corrected chi connectivity index (χ3v) is 3.86. The van der Waals surface area contributed by atoms with Crippen molar-refractivity contribution in [1.82, 2.24) is 5.32 Å². The SMILES string of the molecule is CCCCCC(NCC)c1cc(C)c(C)cc1Cl. The van der Waals surface area contributed by atoms with Crippen LogP contribution in [0.5, 0.6) is 0 Å². The van der Waals surface area contributed by atoms with Gasteiger partial charge in [-0.15, -0.1) is 0 Å². The lowest BCUT2D eigenvalue weighted by Crippen LogP contribution is -2.21. The Balaban J connectivity index is 2.87. The second kappa shape index (κ2) is 7.81. The molecule has 1 aromatic carbocycles. The summed E-state index contributed by atoms with van der Waals surface area (Å²) in [5.74, 6) is 0. The molecule has 0 spiro atoms. The van der Waals surface area contributed by atoms with Gasteiger partial charge in [-0.05, 0) is 49.6 Å². The van der Waals surface area contributed by atoms with E-state index in [9.17, 15) is 0 Å². The lowest BCUT2D eigenvalue weighted by molar-refractivity contribution is 0.486. The fourth-order valence-electron chi connectivity index (χ4n) is 2.28. The molecule has 18 heavy (non-hydrogen) atoms. The monoisotopic (exact) mass is 267 g/mol. The van der Waals surface area contributed by atoms with Gasteiger partial charge >= 0.3 is 0 Å². The van der Waals surface area contributed by atoms with E-state index in [2.05, 4.69) is 45.1 Å². The molecule has 1 nitrogen and oxygen atoms in total. The van der Waals surface area contributed by atoms with Gasteiger partial charge in [-0.25, -0.2) is 0 Å². The summed E-state index contributed by atoms with van der Waals surface area (Å²) in [6.45, 7) is 9.65. The number of hydrogen-bond donors (Lipinski definition) is 1. The standard InChI is InChI=1S/C16H26ClN/c1-5-7-8-9-16(18-6-2)14-10-12(3)13(4)11-15(14)17/h10-11,16,18H,5-9H2,1-4H3. The Hall–Kier alpha value is -0.530. The highest BCUT2D eigenvalue weighted by Gasteiger charge is 2.14. The minimum atomic E-state index is 0.397. The molecule has 0 amide bonds. The molecule has 0 aromatic heterocycles. The Bertz CT molecular complexity index is 374. The number of halogens is 1. The van der Waals surface area contributed by atoms with Crippen LogP contribution in [0.4, 0.5) is 0 Å². The van der Waals surface area contributed by atoms with Gasteiger partial charge in [0.2, 0.25) is 0 Å². The van der Waals surface area contributed by atoms with Crippen molar-refractivity contribution < 1.29 is 0 Å². The molecule has 0 aliphatic heterocycles. The topological polar surface area (TPSA) is 12.0 Å². The van der Waals surface area contributed by atoms with Crippen LogP contribution in [-0.2, 0) is 0 Å². The molecule has 0 aliphatic rings. The molecular weight excluding hydrogens is 242 g/mol. The van der Waals surface area contributed by atoms with Crippen LogP contribution >= 0.6 is 11.6 Å². The summed E-state index contributed by atoms with van der Waals surface area (Å²) < 4.78 is 0. The maximum atomic E-state index is 6.40. The second-order valence-electron chi connectivity index (χ2n) is 5.06. The predicted octanol–water partition coefficient (Wildman–Crippen LogP) is 5.19. The van der Waals surface area contributed by atoms with E-state index in [0.717, 1.165) is 11.6 Å². The van der Waals surface area contributed by atoms with Gasteiger partial charge in [0.05, 0.1) is 0 Å². The first-order chi connectivity index (χ1) is 8.60. The molecule has 0 radical (unpaired) electrons. The van der Waals surface area contributed by atoms with Gasteiger partial charge in [0.25, 0.3) is 0 Å². The molecule has 0 fully saturated rings. The van der Waals surface area contributed by atoms with Crippen LogP contribution in [0.3, 0.4) is 0 Å². The molecule has 1 aromatic rings. The van der Waals surface area contributed by atoms with Crippen LogP contribution in [0.1, 0.15) is 62.3 Å². The molecule has 1 unspecified atom stereocenters. The summed E-state index contributed by atoms with van der Waals surface area (Å²) in [7, 11) is 0. The first-order valence-electron chi connectivity index (χ1n) is 7.10. The fourth-order valence-corrected chi connectivity index (χ4v) is 2.63. The van der Waals surface area contributed by atoms with Crippen molar-refractivity contribution in [2.75, 3.05) is 6.54 Å². The van der Waals surface area contributed by atoms with Crippen molar-refractivity contribution in [3.8, 4) is 0 Å². The van der Waals surface area contributed by atoms with Crippen molar-refractivity contribution in [2.24, 2.45) is 0 Å². The Kier molecular flexibility index (Phi) is 6.73.